The molecule has 1 aliphatic rings. The van der Waals surface area contributed by atoms with E-state index in [-0.39, 0.29) is 12.6 Å². The molecule has 0 spiro atoms. The van der Waals surface area contributed by atoms with Gasteiger partial charge in [0, 0.05) is 49.0 Å². The zero-order valence-corrected chi connectivity index (χ0v) is 28.9. The Morgan fingerprint density at radius 3 is 2.38 bits per heavy atom. The van der Waals surface area contributed by atoms with Crippen molar-refractivity contribution in [3.05, 3.63) is 48.7 Å². The van der Waals surface area contributed by atoms with Crippen molar-refractivity contribution in [3.63, 3.8) is 0 Å². The molecule has 10 heteroatoms. The minimum absolute atomic E-state index is 0.148. The summed E-state index contributed by atoms with van der Waals surface area (Å²) in [5.74, 6) is 3.03. The van der Waals surface area contributed by atoms with Crippen molar-refractivity contribution in [1.82, 2.24) is 15.2 Å². The first kappa shape index (κ1) is 38.0. The predicted octanol–water partition coefficient (Wildman–Crippen LogP) is 7.78. The highest BCUT2D eigenvalue weighted by molar-refractivity contribution is 7.79. The van der Waals surface area contributed by atoms with Crippen molar-refractivity contribution < 1.29 is 24.1 Å². The van der Waals surface area contributed by atoms with Crippen LogP contribution in [0.25, 0.3) is 10.9 Å². The first-order chi connectivity index (χ1) is 22.0. The molecule has 45 heavy (non-hydrogen) atoms. The molecular formula is C35H54N4O5S. The number of methoxy groups -OCH3 is 1. The van der Waals surface area contributed by atoms with Gasteiger partial charge in [-0.05, 0) is 67.8 Å². The van der Waals surface area contributed by atoms with Gasteiger partial charge in [-0.3, -0.25) is 9.88 Å². The van der Waals surface area contributed by atoms with Crippen molar-refractivity contribution in [2.75, 3.05) is 51.5 Å². The molecule has 250 valence electrons. The first-order valence-corrected chi connectivity index (χ1v) is 17.1. The van der Waals surface area contributed by atoms with Crippen LogP contribution in [0.1, 0.15) is 66.2 Å². The number of amides is 2. The van der Waals surface area contributed by atoms with Crippen LogP contribution in [0.3, 0.4) is 0 Å². The Hall–Kier alpha value is -3.21. The van der Waals surface area contributed by atoms with E-state index in [0.29, 0.717) is 60.3 Å². The molecule has 1 saturated carbocycles. The fourth-order valence-electron chi connectivity index (χ4n) is 5.20. The van der Waals surface area contributed by atoms with E-state index in [1.807, 2.05) is 44.2 Å². The highest BCUT2D eigenvalue weighted by Crippen LogP contribution is 2.37. The van der Waals surface area contributed by atoms with Crippen LogP contribution >= 0.6 is 12.6 Å². The summed E-state index contributed by atoms with van der Waals surface area (Å²) in [5, 5.41) is 16.1. The van der Waals surface area contributed by atoms with E-state index < -0.39 is 0 Å². The maximum atomic E-state index is 12.1. The summed E-state index contributed by atoms with van der Waals surface area (Å²) in [6.07, 6.45) is 10.5. The molecule has 0 unspecified atom stereocenters. The maximum Gasteiger partial charge on any atom is 0.319 e. The van der Waals surface area contributed by atoms with Gasteiger partial charge in [-0.25, -0.2) is 4.79 Å². The third-order valence-electron chi connectivity index (χ3n) is 7.45. The number of fused-ring (bicyclic) bond motifs is 1. The number of urea groups is 1. The van der Waals surface area contributed by atoms with E-state index in [0.717, 1.165) is 23.9 Å². The van der Waals surface area contributed by atoms with Crippen LogP contribution in [-0.2, 0) is 0 Å². The molecule has 1 fully saturated rings. The number of benzene rings is 2. The second-order valence-electron chi connectivity index (χ2n) is 10.9. The third-order valence-corrected chi connectivity index (χ3v) is 7.45. The van der Waals surface area contributed by atoms with Gasteiger partial charge in [0.25, 0.3) is 0 Å². The highest BCUT2D eigenvalue weighted by Gasteiger charge is 2.21. The Morgan fingerprint density at radius 1 is 1.02 bits per heavy atom. The van der Waals surface area contributed by atoms with Crippen LogP contribution in [0, 0.1) is 5.92 Å². The monoisotopic (exact) mass is 642 g/mol. The lowest BCUT2D eigenvalue weighted by Crippen LogP contribution is -2.41. The number of nitrogens with one attached hydrogen (secondary N) is 2. The molecule has 0 aliphatic heterocycles. The van der Waals surface area contributed by atoms with Crippen LogP contribution in [0.4, 0.5) is 10.5 Å². The maximum absolute atomic E-state index is 12.1. The number of ether oxygens (including phenoxy) is 3. The van der Waals surface area contributed by atoms with E-state index in [2.05, 4.69) is 47.0 Å². The molecule has 9 nitrogen and oxygen atoms in total. The minimum Gasteiger partial charge on any atom is -0.493 e. The van der Waals surface area contributed by atoms with Gasteiger partial charge < -0.3 is 30.0 Å². The van der Waals surface area contributed by atoms with Crippen LogP contribution in [0.15, 0.2) is 48.7 Å². The quantitative estimate of drug-likeness (QED) is 0.133. The van der Waals surface area contributed by atoms with Crippen molar-refractivity contribution in [1.29, 1.82) is 0 Å². The number of carbonyl (C=O) groups excluding carboxylic acids is 1. The van der Waals surface area contributed by atoms with Crippen LogP contribution < -0.4 is 24.8 Å². The standard InChI is InChI=1S/C32H44N4O5.C2H6.CH4S/c1-23(2)13-15-34-32(38)35-24-9-11-26(12-10-24)41-29-14-16-33-28-22-31(30(39-3)21-27(28)29)40-20-18-36(17-19-37)25-7-5-4-6-8-25;2*1-2/h9-12,14,16,21-23,25,37H,4-8,13,15,17-20H2,1-3H3,(H2,34,35,38);1-2H3;2H,1H3. The first-order valence-electron chi connectivity index (χ1n) is 16.2. The van der Waals surface area contributed by atoms with Gasteiger partial charge >= 0.3 is 6.03 Å². The Kier molecular flexibility index (Phi) is 18.2. The van der Waals surface area contributed by atoms with Gasteiger partial charge in [0.1, 0.15) is 18.1 Å². The zero-order chi connectivity index (χ0) is 33.0. The van der Waals surface area contributed by atoms with E-state index in [1.54, 1.807) is 31.7 Å². The number of thiol groups is 1. The summed E-state index contributed by atoms with van der Waals surface area (Å²) < 4.78 is 18.0. The second kappa shape index (κ2) is 21.5. The lowest BCUT2D eigenvalue weighted by Gasteiger charge is -2.33. The molecule has 3 aromatic rings. The Bertz CT molecular complexity index is 1250. The average Bonchev–Trinajstić information content (AvgIpc) is 3.07. The van der Waals surface area contributed by atoms with Gasteiger partial charge in [-0.1, -0.05) is 47.0 Å². The van der Waals surface area contributed by atoms with Gasteiger partial charge in [0.2, 0.25) is 0 Å². The summed E-state index contributed by atoms with van der Waals surface area (Å²) in [7, 11) is 1.62. The molecule has 1 aromatic heterocycles. The van der Waals surface area contributed by atoms with Crippen molar-refractivity contribution in [3.8, 4) is 23.0 Å². The highest BCUT2D eigenvalue weighted by atomic mass is 32.1. The second-order valence-corrected chi connectivity index (χ2v) is 10.9. The van der Waals surface area contributed by atoms with Crippen molar-refractivity contribution in [2.45, 2.75) is 72.3 Å². The van der Waals surface area contributed by atoms with E-state index in [4.69, 9.17) is 14.2 Å². The Balaban J connectivity index is 0.00000169. The Morgan fingerprint density at radius 2 is 1.73 bits per heavy atom. The normalized spacial score (nSPS) is 12.9. The van der Waals surface area contributed by atoms with E-state index in [9.17, 15) is 9.90 Å². The number of aliphatic hydroxyl groups is 1. The van der Waals surface area contributed by atoms with E-state index >= 15 is 0 Å². The number of aromatic nitrogens is 1. The van der Waals surface area contributed by atoms with E-state index in [1.165, 1.54) is 32.1 Å². The zero-order valence-electron chi connectivity index (χ0n) is 28.0. The minimum atomic E-state index is -0.223. The van der Waals surface area contributed by atoms with Crippen molar-refractivity contribution >= 4 is 35.3 Å². The molecule has 2 aromatic carbocycles. The molecule has 2 amide bonds. The molecule has 0 bridgehead atoms. The third kappa shape index (κ3) is 12.6. The molecule has 0 saturated heterocycles. The fourth-order valence-corrected chi connectivity index (χ4v) is 5.20. The Labute approximate surface area is 275 Å². The van der Waals surface area contributed by atoms with Crippen LogP contribution in [0.2, 0.25) is 0 Å². The van der Waals surface area contributed by atoms with Crippen LogP contribution in [-0.4, -0.2) is 73.3 Å². The molecule has 1 heterocycles. The number of aliphatic hydroxyl groups excluding tert-OH is 1. The van der Waals surface area contributed by atoms with Gasteiger partial charge in [0.15, 0.2) is 11.5 Å². The largest absolute Gasteiger partial charge is 0.493 e. The lowest BCUT2D eigenvalue weighted by molar-refractivity contribution is 0.105. The summed E-state index contributed by atoms with van der Waals surface area (Å²) >= 11 is 3.53. The van der Waals surface area contributed by atoms with Gasteiger partial charge in [0.05, 0.1) is 19.2 Å². The number of hydrogen-bond acceptors (Lipinski definition) is 8. The number of carbonyl (C=O) groups is 1. The summed E-state index contributed by atoms with van der Waals surface area (Å²) in [4.78, 5) is 19.0. The smallest absolute Gasteiger partial charge is 0.319 e. The van der Waals surface area contributed by atoms with Gasteiger partial charge in [-0.15, -0.1) is 0 Å². The van der Waals surface area contributed by atoms with Gasteiger partial charge in [-0.2, -0.15) is 12.6 Å². The number of pyridine rings is 1. The topological polar surface area (TPSA) is 105 Å². The summed E-state index contributed by atoms with van der Waals surface area (Å²) in [6.45, 7) is 10.9. The molecule has 3 N–H and O–H groups in total. The van der Waals surface area contributed by atoms with Crippen molar-refractivity contribution in [2.24, 2.45) is 5.92 Å². The molecule has 1 aliphatic carbocycles. The predicted molar refractivity (Wildman–Crippen MR) is 189 cm³/mol. The molecule has 0 radical (unpaired) electrons. The average molecular weight is 643 g/mol. The molecular weight excluding hydrogens is 588 g/mol. The van der Waals surface area contributed by atoms with Crippen LogP contribution in [0.5, 0.6) is 23.0 Å². The fraction of sp³-hybridized carbons (Fsp3) is 0.543. The number of anilines is 1. The molecule has 0 atom stereocenters. The number of hydrogen-bond donors (Lipinski definition) is 4. The molecule has 4 rings (SSSR count). The number of rotatable bonds is 14. The summed E-state index contributed by atoms with van der Waals surface area (Å²) in [6, 6.07) is 13.1. The lowest BCUT2D eigenvalue weighted by atomic mass is 9.94. The SMILES string of the molecule is CC.COc1cc2c(Oc3ccc(NC(=O)NCCC(C)C)cc3)ccnc2cc1OCCN(CCO)C1CCCCC1.CS. The number of nitrogens with zero attached hydrogens (tertiary/aromatic N) is 2. The summed E-state index contributed by atoms with van der Waals surface area (Å²) in [5.41, 5.74) is 1.41.